The Hall–Kier alpha value is -2.14. The fourth-order valence-corrected chi connectivity index (χ4v) is 2.59. The second-order valence-electron chi connectivity index (χ2n) is 5.74. The Morgan fingerprint density at radius 3 is 2.90 bits per heavy atom. The molecule has 1 fully saturated rings. The van der Waals surface area contributed by atoms with Gasteiger partial charge in [0.15, 0.2) is 0 Å². The number of hydrazine groups is 1. The third-order valence-electron chi connectivity index (χ3n) is 4.12. The number of carbonyl (C=O) groups is 1. The first-order valence-corrected chi connectivity index (χ1v) is 7.33. The van der Waals surface area contributed by atoms with Gasteiger partial charge >= 0.3 is 0 Å². The van der Waals surface area contributed by atoms with E-state index in [1.165, 1.54) is 12.8 Å². The third kappa shape index (κ3) is 2.97. The largest absolute Gasteiger partial charge is 0.350 e. The van der Waals surface area contributed by atoms with E-state index in [9.17, 15) is 4.79 Å². The van der Waals surface area contributed by atoms with Crippen LogP contribution in [0.3, 0.4) is 0 Å². The molecule has 0 aliphatic heterocycles. The maximum absolute atomic E-state index is 12.3. The first kappa shape index (κ1) is 13.8. The van der Waals surface area contributed by atoms with Crippen LogP contribution < -0.4 is 16.6 Å². The molecular weight excluding hydrogens is 264 g/mol. The van der Waals surface area contributed by atoms with Gasteiger partial charge in [0.2, 0.25) is 0 Å². The van der Waals surface area contributed by atoms with Crippen molar-refractivity contribution in [1.82, 2.24) is 10.3 Å². The quantitative estimate of drug-likeness (QED) is 0.581. The molecule has 0 spiro atoms. The number of nitrogen functional groups attached to an aromatic ring is 1. The van der Waals surface area contributed by atoms with E-state index in [-0.39, 0.29) is 5.91 Å². The van der Waals surface area contributed by atoms with Crippen LogP contribution >= 0.6 is 0 Å². The SMILES string of the molecule is CC(CNC(=O)c1cc(NN)c2ccccc2n1)C1CC1. The van der Waals surface area contributed by atoms with Crippen LogP contribution in [0, 0.1) is 11.8 Å². The monoisotopic (exact) mass is 284 g/mol. The molecule has 2 aromatic rings. The van der Waals surface area contributed by atoms with Gasteiger partial charge in [0.25, 0.3) is 5.91 Å². The van der Waals surface area contributed by atoms with Crippen molar-refractivity contribution in [3.63, 3.8) is 0 Å². The van der Waals surface area contributed by atoms with Crippen molar-refractivity contribution in [3.8, 4) is 0 Å². The average Bonchev–Trinajstić information content (AvgIpc) is 3.36. The smallest absolute Gasteiger partial charge is 0.269 e. The molecule has 1 aliphatic carbocycles. The number of hydrogen-bond donors (Lipinski definition) is 3. The summed E-state index contributed by atoms with van der Waals surface area (Å²) in [5.74, 6) is 6.70. The lowest BCUT2D eigenvalue weighted by molar-refractivity contribution is 0.0942. The molecule has 110 valence electrons. The van der Waals surface area contributed by atoms with Crippen LogP contribution in [0.15, 0.2) is 30.3 Å². The summed E-state index contributed by atoms with van der Waals surface area (Å²) in [7, 11) is 0. The topological polar surface area (TPSA) is 80.0 Å². The standard InChI is InChI=1S/C16H20N4O/c1-10(11-6-7-11)9-18-16(21)15-8-14(20-17)12-4-2-3-5-13(12)19-15/h2-5,8,10-11H,6-7,9,17H2,1H3,(H,18,21)(H,19,20). The Bertz CT molecular complexity index is 666. The Morgan fingerprint density at radius 2 is 2.19 bits per heavy atom. The van der Waals surface area contributed by atoms with Gasteiger partial charge in [-0.2, -0.15) is 0 Å². The summed E-state index contributed by atoms with van der Waals surface area (Å²) in [6.45, 7) is 2.88. The molecule has 1 aliphatic rings. The zero-order valence-corrected chi connectivity index (χ0v) is 12.1. The summed E-state index contributed by atoms with van der Waals surface area (Å²) in [4.78, 5) is 16.7. The van der Waals surface area contributed by atoms with Crippen LogP contribution in [-0.2, 0) is 0 Å². The molecule has 5 nitrogen and oxygen atoms in total. The Morgan fingerprint density at radius 1 is 1.43 bits per heavy atom. The van der Waals surface area contributed by atoms with Crippen LogP contribution in [0.5, 0.6) is 0 Å². The lowest BCUT2D eigenvalue weighted by Crippen LogP contribution is -2.29. The first-order valence-electron chi connectivity index (χ1n) is 7.33. The number of nitrogens with two attached hydrogens (primary N) is 1. The van der Waals surface area contributed by atoms with Crippen LogP contribution in [0.4, 0.5) is 5.69 Å². The minimum atomic E-state index is -0.148. The molecule has 1 atom stereocenters. The van der Waals surface area contributed by atoms with E-state index < -0.39 is 0 Å². The van der Waals surface area contributed by atoms with Crippen molar-refractivity contribution in [1.29, 1.82) is 0 Å². The zero-order valence-electron chi connectivity index (χ0n) is 12.1. The molecule has 1 saturated carbocycles. The van der Waals surface area contributed by atoms with Gasteiger partial charge in [0.05, 0.1) is 11.2 Å². The van der Waals surface area contributed by atoms with Crippen LogP contribution in [0.1, 0.15) is 30.3 Å². The van der Waals surface area contributed by atoms with Gasteiger partial charge in [-0.3, -0.25) is 10.6 Å². The number of pyridine rings is 1. The van der Waals surface area contributed by atoms with E-state index in [4.69, 9.17) is 5.84 Å². The molecule has 3 rings (SSSR count). The number of carbonyl (C=O) groups excluding carboxylic acids is 1. The molecule has 0 radical (unpaired) electrons. The number of amides is 1. The van der Waals surface area contributed by atoms with Gasteiger partial charge in [0, 0.05) is 11.9 Å². The second kappa shape index (κ2) is 5.69. The molecule has 0 saturated heterocycles. The predicted octanol–water partition coefficient (Wildman–Crippen LogP) is 2.30. The lowest BCUT2D eigenvalue weighted by atomic mass is 10.1. The van der Waals surface area contributed by atoms with E-state index >= 15 is 0 Å². The van der Waals surface area contributed by atoms with Gasteiger partial charge in [-0.1, -0.05) is 25.1 Å². The number of hydrogen-bond acceptors (Lipinski definition) is 4. The third-order valence-corrected chi connectivity index (χ3v) is 4.12. The summed E-state index contributed by atoms with van der Waals surface area (Å²) in [6.07, 6.45) is 2.57. The van der Waals surface area contributed by atoms with Crippen molar-refractivity contribution in [3.05, 3.63) is 36.0 Å². The van der Waals surface area contributed by atoms with Crippen molar-refractivity contribution in [2.75, 3.05) is 12.0 Å². The minimum absolute atomic E-state index is 0.148. The van der Waals surface area contributed by atoms with Gasteiger partial charge in [-0.05, 0) is 36.8 Å². The fraction of sp³-hybridized carbons (Fsp3) is 0.375. The average molecular weight is 284 g/mol. The Kier molecular flexibility index (Phi) is 3.75. The number of rotatable bonds is 5. The Balaban J connectivity index is 1.80. The molecule has 4 N–H and O–H groups in total. The molecule has 1 heterocycles. The highest BCUT2D eigenvalue weighted by molar-refractivity contribution is 5.99. The Labute approximate surface area is 123 Å². The first-order chi connectivity index (χ1) is 10.2. The van der Waals surface area contributed by atoms with E-state index in [1.807, 2.05) is 24.3 Å². The summed E-state index contributed by atoms with van der Waals surface area (Å²) >= 11 is 0. The summed E-state index contributed by atoms with van der Waals surface area (Å²) in [6, 6.07) is 9.31. The minimum Gasteiger partial charge on any atom is -0.350 e. The van der Waals surface area contributed by atoms with E-state index in [0.717, 1.165) is 16.8 Å². The number of fused-ring (bicyclic) bond motifs is 1. The van der Waals surface area contributed by atoms with E-state index in [2.05, 4.69) is 22.7 Å². The molecule has 5 heteroatoms. The lowest BCUT2D eigenvalue weighted by Gasteiger charge is -2.12. The van der Waals surface area contributed by atoms with Crippen LogP contribution in [-0.4, -0.2) is 17.4 Å². The van der Waals surface area contributed by atoms with Crippen molar-refractivity contribution in [2.24, 2.45) is 17.7 Å². The molecule has 1 unspecified atom stereocenters. The highest BCUT2D eigenvalue weighted by atomic mass is 16.1. The van der Waals surface area contributed by atoms with E-state index in [1.54, 1.807) is 6.07 Å². The maximum Gasteiger partial charge on any atom is 0.269 e. The number of nitrogens with one attached hydrogen (secondary N) is 2. The van der Waals surface area contributed by atoms with Crippen molar-refractivity contribution < 1.29 is 4.79 Å². The second-order valence-corrected chi connectivity index (χ2v) is 5.74. The number of nitrogens with zero attached hydrogens (tertiary/aromatic N) is 1. The van der Waals surface area contributed by atoms with Crippen molar-refractivity contribution in [2.45, 2.75) is 19.8 Å². The molecular formula is C16H20N4O. The van der Waals surface area contributed by atoms with Crippen LogP contribution in [0.25, 0.3) is 10.9 Å². The highest BCUT2D eigenvalue weighted by Gasteiger charge is 2.28. The summed E-state index contributed by atoms with van der Waals surface area (Å²) in [5, 5.41) is 3.87. The predicted molar refractivity (Wildman–Crippen MR) is 83.8 cm³/mol. The van der Waals surface area contributed by atoms with Crippen LogP contribution in [0.2, 0.25) is 0 Å². The van der Waals surface area contributed by atoms with Gasteiger partial charge in [0.1, 0.15) is 5.69 Å². The maximum atomic E-state index is 12.3. The van der Waals surface area contributed by atoms with Gasteiger partial charge in [-0.15, -0.1) is 0 Å². The molecule has 0 bridgehead atoms. The zero-order chi connectivity index (χ0) is 14.8. The normalized spacial score (nSPS) is 15.7. The van der Waals surface area contributed by atoms with Gasteiger partial charge < -0.3 is 10.7 Å². The summed E-state index contributed by atoms with van der Waals surface area (Å²) < 4.78 is 0. The molecule has 1 aromatic carbocycles. The fourth-order valence-electron chi connectivity index (χ4n) is 2.59. The number of anilines is 1. The van der Waals surface area contributed by atoms with Crippen molar-refractivity contribution >= 4 is 22.5 Å². The summed E-state index contributed by atoms with van der Waals surface area (Å²) in [5.41, 5.74) is 4.50. The van der Waals surface area contributed by atoms with E-state index in [0.29, 0.717) is 23.8 Å². The highest BCUT2D eigenvalue weighted by Crippen LogP contribution is 2.36. The molecule has 1 aromatic heterocycles. The number of para-hydroxylation sites is 1. The molecule has 21 heavy (non-hydrogen) atoms. The molecule has 1 amide bonds. The number of benzene rings is 1. The van der Waals surface area contributed by atoms with Gasteiger partial charge in [-0.25, -0.2) is 4.98 Å². The number of aromatic nitrogens is 1.